The number of esters is 1. The number of hydrogen-bond donors (Lipinski definition) is 0. The summed E-state index contributed by atoms with van der Waals surface area (Å²) in [5.74, 6) is 0.871. The maximum absolute atomic E-state index is 12.1. The van der Waals surface area contributed by atoms with E-state index in [0.29, 0.717) is 12.4 Å². The Morgan fingerprint density at radius 2 is 1.52 bits per heavy atom. The zero-order chi connectivity index (χ0) is 22.9. The molecule has 4 aromatic carbocycles. The van der Waals surface area contributed by atoms with Crippen molar-refractivity contribution in [3.63, 3.8) is 0 Å². The summed E-state index contributed by atoms with van der Waals surface area (Å²) in [5, 5.41) is 2.35. The largest absolute Gasteiger partial charge is 0.494 e. The van der Waals surface area contributed by atoms with Gasteiger partial charge in [-0.25, -0.2) is 4.79 Å². The number of aliphatic imine (C=N–C) groups is 1. The van der Waals surface area contributed by atoms with Gasteiger partial charge in [-0.15, -0.1) is 0 Å². The summed E-state index contributed by atoms with van der Waals surface area (Å²) >= 11 is 0. The van der Waals surface area contributed by atoms with Crippen LogP contribution in [0.25, 0.3) is 16.8 Å². The van der Waals surface area contributed by atoms with Crippen LogP contribution in [0.1, 0.15) is 24.5 Å². The standard InChI is InChI=1S/C29H25NO3/c1-2-19-32-27-14-7-22(8-15-27)11-18-29(31)33-28-16-9-23(10-17-28)21-30-26-13-12-24-5-3-4-6-25(24)20-26/h3-18,20-21H,2,19H2,1H3/b18-11+,30-21?. The number of benzene rings is 4. The molecule has 0 aliphatic rings. The summed E-state index contributed by atoms with van der Waals surface area (Å²) in [6, 6.07) is 29.1. The van der Waals surface area contributed by atoms with Gasteiger partial charge in [-0.2, -0.15) is 0 Å². The molecule has 0 aliphatic carbocycles. The van der Waals surface area contributed by atoms with Gasteiger partial charge >= 0.3 is 5.97 Å². The minimum atomic E-state index is -0.432. The molecule has 0 saturated carbocycles. The van der Waals surface area contributed by atoms with Crippen LogP contribution in [0, 0.1) is 0 Å². The Hall–Kier alpha value is -4.18. The summed E-state index contributed by atoms with van der Waals surface area (Å²) in [5.41, 5.74) is 2.71. The Kier molecular flexibility index (Phi) is 7.29. The third-order valence-electron chi connectivity index (χ3n) is 4.96. The number of fused-ring (bicyclic) bond motifs is 1. The molecule has 0 spiro atoms. The number of nitrogens with zero attached hydrogens (tertiary/aromatic N) is 1. The van der Waals surface area contributed by atoms with Gasteiger partial charge in [-0.1, -0.05) is 49.4 Å². The van der Waals surface area contributed by atoms with Gasteiger partial charge in [0.15, 0.2) is 0 Å². The van der Waals surface area contributed by atoms with Gasteiger partial charge in [-0.05, 0) is 82.9 Å². The highest BCUT2D eigenvalue weighted by Crippen LogP contribution is 2.21. The lowest BCUT2D eigenvalue weighted by molar-refractivity contribution is -0.128. The molecule has 0 unspecified atom stereocenters. The molecule has 4 heteroatoms. The Balaban J connectivity index is 1.32. The molecule has 0 heterocycles. The van der Waals surface area contributed by atoms with Crippen molar-refractivity contribution >= 4 is 34.7 Å². The van der Waals surface area contributed by atoms with Crippen molar-refractivity contribution in [3.8, 4) is 11.5 Å². The fourth-order valence-corrected chi connectivity index (χ4v) is 3.24. The highest BCUT2D eigenvalue weighted by molar-refractivity contribution is 5.89. The van der Waals surface area contributed by atoms with Gasteiger partial charge in [-0.3, -0.25) is 4.99 Å². The first-order valence-electron chi connectivity index (χ1n) is 11.0. The minimum absolute atomic E-state index is 0.432. The van der Waals surface area contributed by atoms with Crippen LogP contribution in [-0.4, -0.2) is 18.8 Å². The summed E-state index contributed by atoms with van der Waals surface area (Å²) in [6.07, 6.45) is 5.89. The fraction of sp³-hybridized carbons (Fsp3) is 0.103. The molecule has 0 aliphatic heterocycles. The molecule has 0 bridgehead atoms. The number of carbonyl (C=O) groups excluding carboxylic acids is 1. The van der Waals surface area contributed by atoms with E-state index in [9.17, 15) is 4.79 Å². The predicted octanol–water partition coefficient (Wildman–Crippen LogP) is 7.00. The Bertz CT molecular complexity index is 1270. The molecule has 0 saturated heterocycles. The topological polar surface area (TPSA) is 47.9 Å². The second-order valence-corrected chi connectivity index (χ2v) is 7.53. The van der Waals surface area contributed by atoms with Crippen LogP contribution in [0.4, 0.5) is 5.69 Å². The molecule has 33 heavy (non-hydrogen) atoms. The highest BCUT2D eigenvalue weighted by Gasteiger charge is 2.01. The highest BCUT2D eigenvalue weighted by atomic mass is 16.5. The zero-order valence-electron chi connectivity index (χ0n) is 18.5. The van der Waals surface area contributed by atoms with E-state index in [0.717, 1.165) is 34.4 Å². The first kappa shape index (κ1) is 22.0. The van der Waals surface area contributed by atoms with Crippen LogP contribution in [0.15, 0.2) is 102 Å². The Labute approximate surface area is 193 Å². The van der Waals surface area contributed by atoms with E-state index < -0.39 is 5.97 Å². The number of rotatable bonds is 8. The van der Waals surface area contributed by atoms with E-state index in [1.54, 1.807) is 24.4 Å². The van der Waals surface area contributed by atoms with Crippen LogP contribution in [0.5, 0.6) is 11.5 Å². The normalized spacial score (nSPS) is 11.3. The van der Waals surface area contributed by atoms with Crippen LogP contribution < -0.4 is 9.47 Å². The lowest BCUT2D eigenvalue weighted by Gasteiger charge is -2.04. The Morgan fingerprint density at radius 1 is 0.818 bits per heavy atom. The van der Waals surface area contributed by atoms with E-state index in [4.69, 9.17) is 9.47 Å². The molecular weight excluding hydrogens is 410 g/mol. The van der Waals surface area contributed by atoms with Crippen molar-refractivity contribution < 1.29 is 14.3 Å². The SMILES string of the molecule is CCCOc1ccc(/C=C/C(=O)Oc2ccc(C=Nc3ccc4ccccc4c3)cc2)cc1. The van der Waals surface area contributed by atoms with Crippen molar-refractivity contribution in [1.82, 2.24) is 0 Å². The number of hydrogen-bond acceptors (Lipinski definition) is 4. The van der Waals surface area contributed by atoms with Crippen LogP contribution in [0.3, 0.4) is 0 Å². The van der Waals surface area contributed by atoms with Gasteiger partial charge in [0, 0.05) is 12.3 Å². The number of ether oxygens (including phenoxy) is 2. The van der Waals surface area contributed by atoms with E-state index in [1.807, 2.05) is 54.6 Å². The van der Waals surface area contributed by atoms with Gasteiger partial charge in [0.2, 0.25) is 0 Å². The van der Waals surface area contributed by atoms with Crippen LogP contribution in [-0.2, 0) is 4.79 Å². The maximum Gasteiger partial charge on any atom is 0.336 e. The molecule has 0 aromatic heterocycles. The van der Waals surface area contributed by atoms with Crippen molar-refractivity contribution in [3.05, 3.63) is 108 Å². The zero-order valence-corrected chi connectivity index (χ0v) is 18.5. The van der Waals surface area contributed by atoms with Crippen molar-refractivity contribution in [2.24, 2.45) is 4.99 Å². The predicted molar refractivity (Wildman–Crippen MR) is 135 cm³/mol. The summed E-state index contributed by atoms with van der Waals surface area (Å²) < 4.78 is 10.9. The molecule has 0 amide bonds. The van der Waals surface area contributed by atoms with Gasteiger partial charge < -0.3 is 9.47 Å². The number of carbonyl (C=O) groups is 1. The quantitative estimate of drug-likeness (QED) is 0.130. The van der Waals surface area contributed by atoms with Crippen molar-refractivity contribution in [2.75, 3.05) is 6.61 Å². The van der Waals surface area contributed by atoms with Crippen LogP contribution >= 0.6 is 0 Å². The van der Waals surface area contributed by atoms with Crippen LogP contribution in [0.2, 0.25) is 0 Å². The van der Waals surface area contributed by atoms with E-state index in [-0.39, 0.29) is 0 Å². The van der Waals surface area contributed by atoms with Gasteiger partial charge in [0.05, 0.1) is 12.3 Å². The van der Waals surface area contributed by atoms with Gasteiger partial charge in [0.1, 0.15) is 11.5 Å². The second-order valence-electron chi connectivity index (χ2n) is 7.53. The molecule has 0 radical (unpaired) electrons. The molecule has 4 rings (SSSR count). The molecular formula is C29H25NO3. The second kappa shape index (κ2) is 10.9. The van der Waals surface area contributed by atoms with Crippen molar-refractivity contribution in [2.45, 2.75) is 13.3 Å². The minimum Gasteiger partial charge on any atom is -0.494 e. The average molecular weight is 436 g/mol. The fourth-order valence-electron chi connectivity index (χ4n) is 3.24. The maximum atomic E-state index is 12.1. The Morgan fingerprint density at radius 3 is 2.27 bits per heavy atom. The summed E-state index contributed by atoms with van der Waals surface area (Å²) in [7, 11) is 0. The van der Waals surface area contributed by atoms with Crippen molar-refractivity contribution in [1.29, 1.82) is 0 Å². The smallest absolute Gasteiger partial charge is 0.336 e. The molecule has 164 valence electrons. The lowest BCUT2D eigenvalue weighted by Crippen LogP contribution is -2.03. The molecule has 4 nitrogen and oxygen atoms in total. The summed E-state index contributed by atoms with van der Waals surface area (Å²) in [4.78, 5) is 16.7. The average Bonchev–Trinajstić information content (AvgIpc) is 2.86. The van der Waals surface area contributed by atoms with E-state index >= 15 is 0 Å². The van der Waals surface area contributed by atoms with Gasteiger partial charge in [0.25, 0.3) is 0 Å². The first-order valence-corrected chi connectivity index (χ1v) is 11.0. The third kappa shape index (κ3) is 6.40. The van der Waals surface area contributed by atoms with E-state index in [1.165, 1.54) is 11.5 Å². The molecule has 0 N–H and O–H groups in total. The molecule has 0 atom stereocenters. The van der Waals surface area contributed by atoms with E-state index in [2.05, 4.69) is 36.2 Å². The first-order chi connectivity index (χ1) is 16.2. The third-order valence-corrected chi connectivity index (χ3v) is 4.96. The molecule has 4 aromatic rings. The molecule has 0 fully saturated rings. The summed E-state index contributed by atoms with van der Waals surface area (Å²) in [6.45, 7) is 2.76. The monoisotopic (exact) mass is 435 g/mol. The lowest BCUT2D eigenvalue weighted by atomic mass is 10.1.